The first-order valence-corrected chi connectivity index (χ1v) is 6.75. The first-order valence-electron chi connectivity index (χ1n) is 6.75. The maximum absolute atomic E-state index is 12.0. The SMILES string of the molecule is CCC(c1ncc[nH]1)N(C(N)=O)C(CC)c1ncc[nH]1. The van der Waals surface area contributed by atoms with Gasteiger partial charge in [0.1, 0.15) is 11.6 Å². The highest BCUT2D eigenvalue weighted by atomic mass is 16.2. The minimum Gasteiger partial charge on any atom is -0.351 e. The van der Waals surface area contributed by atoms with E-state index in [9.17, 15) is 4.79 Å². The summed E-state index contributed by atoms with van der Waals surface area (Å²) in [4.78, 5) is 28.2. The molecule has 0 aromatic carbocycles. The van der Waals surface area contributed by atoms with Crippen molar-refractivity contribution < 1.29 is 4.79 Å². The normalized spacial score (nSPS) is 13.9. The van der Waals surface area contributed by atoms with Crippen molar-refractivity contribution in [3.8, 4) is 0 Å². The van der Waals surface area contributed by atoms with Gasteiger partial charge in [0.15, 0.2) is 0 Å². The predicted molar refractivity (Wildman–Crippen MR) is 74.7 cm³/mol. The van der Waals surface area contributed by atoms with Crippen molar-refractivity contribution in [3.63, 3.8) is 0 Å². The third kappa shape index (κ3) is 2.66. The lowest BCUT2D eigenvalue weighted by atomic mass is 10.1. The molecular formula is C13H20N6O. The number of nitrogens with two attached hydrogens (primary N) is 1. The molecule has 2 aromatic heterocycles. The van der Waals surface area contributed by atoms with Gasteiger partial charge in [-0.3, -0.25) is 0 Å². The van der Waals surface area contributed by atoms with Crippen LogP contribution in [0.3, 0.4) is 0 Å². The average molecular weight is 276 g/mol. The number of hydrogen-bond donors (Lipinski definition) is 3. The molecule has 108 valence electrons. The molecule has 2 amide bonds. The zero-order valence-corrected chi connectivity index (χ0v) is 11.7. The Morgan fingerprint density at radius 2 is 1.60 bits per heavy atom. The van der Waals surface area contributed by atoms with Crippen molar-refractivity contribution >= 4 is 6.03 Å². The highest BCUT2D eigenvalue weighted by Crippen LogP contribution is 2.31. The first kappa shape index (κ1) is 14.1. The van der Waals surface area contributed by atoms with Crippen molar-refractivity contribution in [3.05, 3.63) is 36.4 Å². The van der Waals surface area contributed by atoms with Crippen LogP contribution in [-0.2, 0) is 0 Å². The fraction of sp³-hybridized carbons (Fsp3) is 0.462. The predicted octanol–water partition coefficient (Wildman–Crippen LogP) is 2.12. The molecule has 0 fully saturated rings. The molecule has 2 rings (SSSR count). The second kappa shape index (κ2) is 6.23. The quantitative estimate of drug-likeness (QED) is 0.752. The van der Waals surface area contributed by atoms with Crippen LogP contribution in [0, 0.1) is 0 Å². The van der Waals surface area contributed by atoms with Crippen LogP contribution in [0.5, 0.6) is 0 Å². The van der Waals surface area contributed by atoms with Crippen molar-refractivity contribution in [2.75, 3.05) is 0 Å². The third-order valence-corrected chi connectivity index (χ3v) is 3.37. The summed E-state index contributed by atoms with van der Waals surface area (Å²) >= 11 is 0. The Balaban J connectivity index is 2.36. The van der Waals surface area contributed by atoms with E-state index in [4.69, 9.17) is 5.73 Å². The van der Waals surface area contributed by atoms with E-state index in [1.54, 1.807) is 29.7 Å². The number of nitrogens with one attached hydrogen (secondary N) is 2. The maximum atomic E-state index is 12.0. The molecular weight excluding hydrogens is 256 g/mol. The van der Waals surface area contributed by atoms with Gasteiger partial charge < -0.3 is 20.6 Å². The number of hydrogen-bond acceptors (Lipinski definition) is 3. The van der Waals surface area contributed by atoms with Crippen LogP contribution in [-0.4, -0.2) is 30.9 Å². The number of urea groups is 1. The summed E-state index contributed by atoms with van der Waals surface area (Å²) in [6, 6.07) is -0.869. The molecule has 4 N–H and O–H groups in total. The monoisotopic (exact) mass is 276 g/mol. The molecule has 0 aliphatic carbocycles. The van der Waals surface area contributed by atoms with Gasteiger partial charge in [-0.05, 0) is 12.8 Å². The highest BCUT2D eigenvalue weighted by Gasteiger charge is 2.32. The number of aromatic nitrogens is 4. The molecule has 2 atom stereocenters. The van der Waals surface area contributed by atoms with Gasteiger partial charge in [-0.25, -0.2) is 14.8 Å². The molecule has 2 heterocycles. The zero-order chi connectivity index (χ0) is 14.5. The van der Waals surface area contributed by atoms with Crippen LogP contribution in [0.25, 0.3) is 0 Å². The van der Waals surface area contributed by atoms with Gasteiger partial charge in [0.05, 0.1) is 12.1 Å². The van der Waals surface area contributed by atoms with E-state index in [2.05, 4.69) is 19.9 Å². The minimum atomic E-state index is -0.475. The van der Waals surface area contributed by atoms with E-state index in [0.29, 0.717) is 12.8 Å². The molecule has 0 bridgehead atoms. The fourth-order valence-electron chi connectivity index (χ4n) is 2.49. The average Bonchev–Trinajstić information content (AvgIpc) is 3.11. The Morgan fingerprint density at radius 1 is 1.15 bits per heavy atom. The van der Waals surface area contributed by atoms with Crippen LogP contribution >= 0.6 is 0 Å². The molecule has 20 heavy (non-hydrogen) atoms. The molecule has 0 aliphatic heterocycles. The van der Waals surface area contributed by atoms with E-state index in [-0.39, 0.29) is 12.1 Å². The van der Waals surface area contributed by atoms with Crippen molar-refractivity contribution in [1.82, 2.24) is 24.8 Å². The van der Waals surface area contributed by atoms with Crippen LogP contribution in [0.2, 0.25) is 0 Å². The Labute approximate surface area is 117 Å². The summed E-state index contributed by atoms with van der Waals surface area (Å²) in [6.07, 6.45) is 8.26. The van der Waals surface area contributed by atoms with Crippen LogP contribution in [0.1, 0.15) is 50.4 Å². The van der Waals surface area contributed by atoms with Crippen LogP contribution in [0.4, 0.5) is 4.79 Å². The van der Waals surface area contributed by atoms with Gasteiger partial charge in [-0.1, -0.05) is 13.8 Å². The Hall–Kier alpha value is -2.31. The van der Waals surface area contributed by atoms with E-state index >= 15 is 0 Å². The molecule has 0 saturated carbocycles. The van der Waals surface area contributed by atoms with Gasteiger partial charge in [0, 0.05) is 24.8 Å². The lowest BCUT2D eigenvalue weighted by Crippen LogP contribution is -2.42. The van der Waals surface area contributed by atoms with Gasteiger partial charge in [0.2, 0.25) is 0 Å². The summed E-state index contributed by atoms with van der Waals surface area (Å²) in [6.45, 7) is 4.00. The number of rotatable bonds is 6. The van der Waals surface area contributed by atoms with E-state index in [0.717, 1.165) is 11.6 Å². The Kier molecular flexibility index (Phi) is 4.39. The number of primary amides is 1. The maximum Gasteiger partial charge on any atom is 0.316 e. The smallest absolute Gasteiger partial charge is 0.316 e. The third-order valence-electron chi connectivity index (χ3n) is 3.37. The number of carbonyl (C=O) groups is 1. The number of amides is 2. The summed E-state index contributed by atoms with van der Waals surface area (Å²) in [5, 5.41) is 0. The summed E-state index contributed by atoms with van der Waals surface area (Å²) < 4.78 is 0. The molecule has 7 heteroatoms. The second-order valence-electron chi connectivity index (χ2n) is 4.54. The molecule has 2 aromatic rings. The molecule has 7 nitrogen and oxygen atoms in total. The standard InChI is InChI=1S/C13H20N6O/c1-3-9(11-15-5-6-16-11)19(13(14)20)10(4-2)12-17-7-8-18-12/h5-10H,3-4H2,1-2H3,(H2,14,20)(H,15,16)(H,17,18). The van der Waals surface area contributed by atoms with E-state index in [1.807, 2.05) is 13.8 Å². The zero-order valence-electron chi connectivity index (χ0n) is 11.7. The van der Waals surface area contributed by atoms with Crippen molar-refractivity contribution in [2.45, 2.75) is 38.8 Å². The van der Waals surface area contributed by atoms with Gasteiger partial charge in [-0.2, -0.15) is 0 Å². The Morgan fingerprint density at radius 3 is 1.85 bits per heavy atom. The number of carbonyl (C=O) groups excluding carboxylic acids is 1. The lowest BCUT2D eigenvalue weighted by Gasteiger charge is -2.34. The highest BCUT2D eigenvalue weighted by molar-refractivity contribution is 5.73. The van der Waals surface area contributed by atoms with Gasteiger partial charge >= 0.3 is 6.03 Å². The van der Waals surface area contributed by atoms with E-state index in [1.165, 1.54) is 0 Å². The van der Waals surface area contributed by atoms with E-state index < -0.39 is 6.03 Å². The van der Waals surface area contributed by atoms with Crippen LogP contribution < -0.4 is 5.73 Å². The topological polar surface area (TPSA) is 104 Å². The fourth-order valence-corrected chi connectivity index (χ4v) is 2.49. The van der Waals surface area contributed by atoms with Gasteiger partial charge in [0.25, 0.3) is 0 Å². The molecule has 0 radical (unpaired) electrons. The first-order chi connectivity index (χ1) is 9.69. The molecule has 0 saturated heterocycles. The molecule has 0 aliphatic rings. The minimum absolute atomic E-state index is 0.197. The van der Waals surface area contributed by atoms with Crippen LogP contribution in [0.15, 0.2) is 24.8 Å². The van der Waals surface area contributed by atoms with Gasteiger partial charge in [-0.15, -0.1) is 0 Å². The van der Waals surface area contributed by atoms with Crippen molar-refractivity contribution in [1.29, 1.82) is 0 Å². The number of aromatic amines is 2. The summed E-state index contributed by atoms with van der Waals surface area (Å²) in [7, 11) is 0. The second-order valence-corrected chi connectivity index (χ2v) is 4.54. The largest absolute Gasteiger partial charge is 0.351 e. The molecule has 2 unspecified atom stereocenters. The number of H-pyrrole nitrogens is 2. The summed E-state index contributed by atoms with van der Waals surface area (Å²) in [5.41, 5.74) is 5.61. The number of imidazole rings is 2. The summed E-state index contributed by atoms with van der Waals surface area (Å²) in [5.74, 6) is 1.47. The lowest BCUT2D eigenvalue weighted by molar-refractivity contribution is 0.139. The van der Waals surface area contributed by atoms with Crippen molar-refractivity contribution in [2.24, 2.45) is 5.73 Å². The number of nitrogens with zero attached hydrogens (tertiary/aromatic N) is 3. The molecule has 0 spiro atoms. The Bertz CT molecular complexity index is 479.